The van der Waals surface area contributed by atoms with E-state index in [1.165, 1.54) is 0 Å². The van der Waals surface area contributed by atoms with Gasteiger partial charge >= 0.3 is 0 Å². The molecule has 1 aromatic carbocycles. The van der Waals surface area contributed by atoms with Crippen molar-refractivity contribution in [2.45, 2.75) is 33.2 Å². The third-order valence-corrected chi connectivity index (χ3v) is 5.07. The molecule has 2 aromatic rings. The van der Waals surface area contributed by atoms with Crippen LogP contribution in [0.4, 0.5) is 11.5 Å². The molecule has 1 aromatic heterocycles. The summed E-state index contributed by atoms with van der Waals surface area (Å²) in [4.78, 5) is 19.4. The number of benzene rings is 1. The van der Waals surface area contributed by atoms with E-state index in [-0.39, 0.29) is 42.2 Å². The molecule has 160 valence electrons. The maximum absolute atomic E-state index is 13.1. The first-order valence-corrected chi connectivity index (χ1v) is 9.40. The SMILES string of the molecule is CCOc1ccc(Nc2ncccc2C(=O)N2CCC(N)C(C)(C)C2)cc1.Cl.Cl. The summed E-state index contributed by atoms with van der Waals surface area (Å²) in [7, 11) is 0. The first-order valence-electron chi connectivity index (χ1n) is 9.40. The number of anilines is 2. The topological polar surface area (TPSA) is 80.5 Å². The molecular formula is C21H30Cl2N4O2. The van der Waals surface area contributed by atoms with E-state index in [2.05, 4.69) is 24.1 Å². The number of amides is 1. The van der Waals surface area contributed by atoms with E-state index in [4.69, 9.17) is 10.5 Å². The lowest BCUT2D eigenvalue weighted by Gasteiger charge is -2.42. The maximum atomic E-state index is 13.1. The van der Waals surface area contributed by atoms with Crippen molar-refractivity contribution in [1.29, 1.82) is 0 Å². The van der Waals surface area contributed by atoms with Gasteiger partial charge in [-0.15, -0.1) is 24.8 Å². The largest absolute Gasteiger partial charge is 0.494 e. The smallest absolute Gasteiger partial charge is 0.257 e. The Morgan fingerprint density at radius 2 is 1.97 bits per heavy atom. The van der Waals surface area contributed by atoms with Gasteiger partial charge in [-0.1, -0.05) is 13.8 Å². The molecule has 1 aliphatic heterocycles. The van der Waals surface area contributed by atoms with Crippen molar-refractivity contribution in [3.8, 4) is 5.75 Å². The number of pyridine rings is 1. The highest BCUT2D eigenvalue weighted by Crippen LogP contribution is 2.30. The van der Waals surface area contributed by atoms with Gasteiger partial charge < -0.3 is 20.7 Å². The van der Waals surface area contributed by atoms with Gasteiger partial charge in [0.25, 0.3) is 5.91 Å². The molecule has 0 spiro atoms. The van der Waals surface area contributed by atoms with Crippen LogP contribution >= 0.6 is 24.8 Å². The minimum absolute atomic E-state index is 0. The molecule has 8 heteroatoms. The molecule has 0 aliphatic carbocycles. The van der Waals surface area contributed by atoms with Crippen molar-refractivity contribution in [2.24, 2.45) is 11.1 Å². The summed E-state index contributed by atoms with van der Waals surface area (Å²) in [5.74, 6) is 1.35. The van der Waals surface area contributed by atoms with Gasteiger partial charge in [0.05, 0.1) is 12.2 Å². The van der Waals surface area contributed by atoms with Crippen LogP contribution in [0.2, 0.25) is 0 Å². The van der Waals surface area contributed by atoms with Crippen LogP contribution < -0.4 is 15.8 Å². The zero-order valence-corrected chi connectivity index (χ0v) is 18.7. The number of nitrogens with one attached hydrogen (secondary N) is 1. The second kappa shape index (κ2) is 10.7. The molecule has 2 heterocycles. The van der Waals surface area contributed by atoms with Gasteiger partial charge in [-0.05, 0) is 55.2 Å². The molecule has 1 atom stereocenters. The minimum Gasteiger partial charge on any atom is -0.494 e. The van der Waals surface area contributed by atoms with Crippen LogP contribution in [-0.2, 0) is 0 Å². The van der Waals surface area contributed by atoms with Crippen LogP contribution in [0.5, 0.6) is 5.75 Å². The second-order valence-corrected chi connectivity index (χ2v) is 7.59. The van der Waals surface area contributed by atoms with Gasteiger partial charge in [-0.25, -0.2) is 4.98 Å². The number of ether oxygens (including phenoxy) is 1. The molecular weight excluding hydrogens is 411 g/mol. The summed E-state index contributed by atoms with van der Waals surface area (Å²) in [5, 5.41) is 3.25. The molecule has 1 fully saturated rings. The molecule has 3 N–H and O–H groups in total. The average Bonchev–Trinajstić information content (AvgIpc) is 2.65. The number of halogens is 2. The van der Waals surface area contributed by atoms with Crippen molar-refractivity contribution >= 4 is 42.2 Å². The zero-order valence-electron chi connectivity index (χ0n) is 17.1. The Balaban J connectivity index is 0.00000210. The van der Waals surface area contributed by atoms with E-state index >= 15 is 0 Å². The fraction of sp³-hybridized carbons (Fsp3) is 0.429. The van der Waals surface area contributed by atoms with Crippen LogP contribution in [0.1, 0.15) is 37.6 Å². The van der Waals surface area contributed by atoms with Gasteiger partial charge in [0.1, 0.15) is 11.6 Å². The molecule has 1 amide bonds. The highest BCUT2D eigenvalue weighted by molar-refractivity contribution is 5.99. The molecule has 1 unspecified atom stereocenters. The van der Waals surface area contributed by atoms with Gasteiger partial charge in [-0.3, -0.25) is 4.79 Å². The van der Waals surface area contributed by atoms with E-state index in [9.17, 15) is 4.79 Å². The summed E-state index contributed by atoms with van der Waals surface area (Å²) >= 11 is 0. The van der Waals surface area contributed by atoms with Crippen LogP contribution in [0.25, 0.3) is 0 Å². The summed E-state index contributed by atoms with van der Waals surface area (Å²) in [5.41, 5.74) is 7.53. The highest BCUT2D eigenvalue weighted by atomic mass is 35.5. The summed E-state index contributed by atoms with van der Waals surface area (Å²) in [6.07, 6.45) is 2.49. The number of carbonyl (C=O) groups excluding carboxylic acids is 1. The number of likely N-dealkylation sites (tertiary alicyclic amines) is 1. The molecule has 0 bridgehead atoms. The van der Waals surface area contributed by atoms with Crippen molar-refractivity contribution in [2.75, 3.05) is 25.0 Å². The number of carbonyl (C=O) groups is 1. The summed E-state index contributed by atoms with van der Waals surface area (Å²) < 4.78 is 5.47. The first kappa shape index (κ1) is 25.0. The number of hydrogen-bond donors (Lipinski definition) is 2. The molecule has 0 saturated carbocycles. The Bertz CT molecular complexity index is 800. The zero-order chi connectivity index (χ0) is 19.4. The van der Waals surface area contributed by atoms with Crippen molar-refractivity contribution < 1.29 is 9.53 Å². The van der Waals surface area contributed by atoms with E-state index in [0.29, 0.717) is 31.1 Å². The fourth-order valence-corrected chi connectivity index (χ4v) is 3.33. The maximum Gasteiger partial charge on any atom is 0.257 e. The quantitative estimate of drug-likeness (QED) is 0.725. The number of aromatic nitrogens is 1. The third-order valence-electron chi connectivity index (χ3n) is 5.07. The third kappa shape index (κ3) is 5.98. The first-order chi connectivity index (χ1) is 12.9. The Morgan fingerprint density at radius 3 is 2.59 bits per heavy atom. The van der Waals surface area contributed by atoms with Crippen LogP contribution in [-0.4, -0.2) is 41.5 Å². The van der Waals surface area contributed by atoms with Gasteiger partial charge in [0, 0.05) is 31.0 Å². The van der Waals surface area contributed by atoms with Gasteiger partial charge in [0.15, 0.2) is 0 Å². The number of piperidine rings is 1. The highest BCUT2D eigenvalue weighted by Gasteiger charge is 2.36. The Kier molecular flexibility index (Phi) is 9.20. The normalized spacial score (nSPS) is 17.5. The van der Waals surface area contributed by atoms with Crippen molar-refractivity contribution in [3.05, 3.63) is 48.2 Å². The van der Waals surface area contributed by atoms with Crippen LogP contribution in [0, 0.1) is 5.41 Å². The van der Waals surface area contributed by atoms with E-state index < -0.39 is 0 Å². The lowest BCUT2D eigenvalue weighted by atomic mass is 9.79. The predicted octanol–water partition coefficient (Wildman–Crippen LogP) is 4.27. The molecule has 29 heavy (non-hydrogen) atoms. The molecule has 0 radical (unpaired) electrons. The lowest BCUT2D eigenvalue weighted by molar-refractivity contribution is 0.0533. The predicted molar refractivity (Wildman–Crippen MR) is 122 cm³/mol. The van der Waals surface area contributed by atoms with Gasteiger partial charge in [0.2, 0.25) is 0 Å². The fourth-order valence-electron chi connectivity index (χ4n) is 3.33. The number of nitrogens with two attached hydrogens (primary N) is 1. The minimum atomic E-state index is -0.0984. The average molecular weight is 441 g/mol. The van der Waals surface area contributed by atoms with Gasteiger partial charge in [-0.2, -0.15) is 0 Å². The summed E-state index contributed by atoms with van der Waals surface area (Å²) in [6.45, 7) is 8.11. The second-order valence-electron chi connectivity index (χ2n) is 7.59. The monoisotopic (exact) mass is 440 g/mol. The standard InChI is InChI=1S/C21H28N4O2.2ClH/c1-4-27-16-9-7-15(8-10-16)24-19-17(6-5-12-23-19)20(26)25-13-11-18(22)21(2,3)14-25;;/h5-10,12,18H,4,11,13-14,22H2,1-3H3,(H,23,24);2*1H. The summed E-state index contributed by atoms with van der Waals surface area (Å²) in [6, 6.07) is 11.3. The number of rotatable bonds is 5. The molecule has 3 rings (SSSR count). The Hall–Kier alpha value is -2.02. The molecule has 6 nitrogen and oxygen atoms in total. The molecule has 1 aliphatic rings. The van der Waals surface area contributed by atoms with Crippen molar-refractivity contribution in [1.82, 2.24) is 9.88 Å². The Labute approximate surface area is 185 Å². The van der Waals surface area contributed by atoms with Crippen molar-refractivity contribution in [3.63, 3.8) is 0 Å². The van der Waals surface area contributed by atoms with E-state index in [1.54, 1.807) is 12.3 Å². The van der Waals surface area contributed by atoms with Crippen LogP contribution in [0.15, 0.2) is 42.6 Å². The van der Waals surface area contributed by atoms with E-state index in [0.717, 1.165) is 17.9 Å². The van der Waals surface area contributed by atoms with Crippen LogP contribution in [0.3, 0.4) is 0 Å². The number of nitrogens with zero attached hydrogens (tertiary/aromatic N) is 2. The Morgan fingerprint density at radius 1 is 1.28 bits per heavy atom. The van der Waals surface area contributed by atoms with E-state index in [1.807, 2.05) is 42.2 Å². The lowest BCUT2D eigenvalue weighted by Crippen LogP contribution is -2.54. The molecule has 1 saturated heterocycles. The number of hydrogen-bond acceptors (Lipinski definition) is 5.